The number of piperidine rings is 1. The van der Waals surface area contributed by atoms with Crippen LogP contribution in [0.25, 0.3) is 11.5 Å². The minimum Gasteiger partial charge on any atom is -0.504 e. The van der Waals surface area contributed by atoms with E-state index >= 15 is 0 Å². The number of phenolic OH excluding ortho intramolecular Hbond substituents is 1. The van der Waals surface area contributed by atoms with Crippen molar-refractivity contribution in [2.24, 2.45) is 0 Å². The molecule has 1 aromatic heterocycles. The van der Waals surface area contributed by atoms with Crippen LogP contribution in [0.2, 0.25) is 0 Å². The zero-order chi connectivity index (χ0) is 13.9. The molecule has 6 nitrogen and oxygen atoms in total. The summed E-state index contributed by atoms with van der Waals surface area (Å²) >= 11 is 0. The number of ether oxygens (including phenoxy) is 1. The largest absolute Gasteiger partial charge is 0.504 e. The third-order valence-electron chi connectivity index (χ3n) is 3.50. The number of rotatable bonds is 3. The van der Waals surface area contributed by atoms with Crippen LogP contribution in [0.1, 0.15) is 19.3 Å². The van der Waals surface area contributed by atoms with Crippen LogP contribution in [-0.4, -0.2) is 35.4 Å². The van der Waals surface area contributed by atoms with Crippen LogP contribution in [0.5, 0.6) is 11.5 Å². The predicted molar refractivity (Wildman–Crippen MR) is 74.0 cm³/mol. The molecule has 2 heterocycles. The maximum atomic E-state index is 10.1. The maximum absolute atomic E-state index is 10.1. The van der Waals surface area contributed by atoms with E-state index in [-0.39, 0.29) is 5.75 Å². The van der Waals surface area contributed by atoms with Gasteiger partial charge in [0.1, 0.15) is 0 Å². The molecule has 6 heteroatoms. The van der Waals surface area contributed by atoms with Gasteiger partial charge in [-0.15, -0.1) is 0 Å². The Balaban J connectivity index is 1.90. The average Bonchev–Trinajstić information content (AvgIpc) is 2.98. The van der Waals surface area contributed by atoms with Gasteiger partial charge in [-0.1, -0.05) is 6.07 Å². The monoisotopic (exact) mass is 275 g/mol. The lowest BCUT2D eigenvalue weighted by atomic mass is 10.1. The lowest BCUT2D eigenvalue weighted by molar-refractivity contribution is 0.371. The number of benzene rings is 1. The third-order valence-corrected chi connectivity index (χ3v) is 3.50. The van der Waals surface area contributed by atoms with Gasteiger partial charge in [0, 0.05) is 13.1 Å². The Morgan fingerprint density at radius 1 is 1.25 bits per heavy atom. The van der Waals surface area contributed by atoms with E-state index in [9.17, 15) is 5.11 Å². The number of nitrogens with zero attached hydrogens (tertiary/aromatic N) is 3. The zero-order valence-corrected chi connectivity index (χ0v) is 11.4. The fourth-order valence-corrected chi connectivity index (χ4v) is 2.41. The van der Waals surface area contributed by atoms with Gasteiger partial charge >= 0.3 is 0 Å². The molecule has 2 aromatic rings. The number of methoxy groups -OCH3 is 1. The molecule has 0 atom stereocenters. The van der Waals surface area contributed by atoms with Gasteiger partial charge in [0.15, 0.2) is 11.5 Å². The van der Waals surface area contributed by atoms with Crippen molar-refractivity contribution < 1.29 is 14.4 Å². The summed E-state index contributed by atoms with van der Waals surface area (Å²) in [7, 11) is 1.51. The van der Waals surface area contributed by atoms with Gasteiger partial charge in [0.2, 0.25) is 0 Å². The minimum atomic E-state index is 0.0174. The van der Waals surface area contributed by atoms with Gasteiger partial charge in [0.05, 0.1) is 12.7 Å². The van der Waals surface area contributed by atoms with Crippen molar-refractivity contribution in [3.8, 4) is 23.0 Å². The number of hydrogen-bond donors (Lipinski definition) is 1. The number of aromatic hydroxyl groups is 1. The molecule has 0 spiro atoms. The van der Waals surface area contributed by atoms with Crippen molar-refractivity contribution in [2.45, 2.75) is 19.3 Å². The highest BCUT2D eigenvalue weighted by molar-refractivity contribution is 5.67. The first-order valence-electron chi connectivity index (χ1n) is 6.74. The van der Waals surface area contributed by atoms with Gasteiger partial charge < -0.3 is 19.3 Å². The molecule has 0 saturated carbocycles. The first-order valence-corrected chi connectivity index (χ1v) is 6.74. The number of aromatic nitrogens is 2. The van der Waals surface area contributed by atoms with Crippen LogP contribution in [0.3, 0.4) is 0 Å². The minimum absolute atomic E-state index is 0.0174. The molecule has 1 N–H and O–H groups in total. The number of hydrogen-bond acceptors (Lipinski definition) is 6. The Morgan fingerprint density at radius 3 is 2.80 bits per heavy atom. The first kappa shape index (κ1) is 12.8. The molecule has 20 heavy (non-hydrogen) atoms. The summed E-state index contributed by atoms with van der Waals surface area (Å²) < 4.78 is 10.3. The first-order chi connectivity index (χ1) is 9.79. The van der Waals surface area contributed by atoms with Crippen molar-refractivity contribution in [1.29, 1.82) is 0 Å². The van der Waals surface area contributed by atoms with Crippen LogP contribution in [-0.2, 0) is 0 Å². The van der Waals surface area contributed by atoms with E-state index in [1.54, 1.807) is 18.2 Å². The molecule has 0 aliphatic carbocycles. The molecule has 0 bridgehead atoms. The highest BCUT2D eigenvalue weighted by atomic mass is 16.5. The molecule has 3 rings (SSSR count). The summed E-state index contributed by atoms with van der Waals surface area (Å²) in [6.45, 7) is 1.89. The highest BCUT2D eigenvalue weighted by Crippen LogP contribution is 2.36. The lowest BCUT2D eigenvalue weighted by Gasteiger charge is -2.24. The smallest absolute Gasteiger partial charge is 0.266 e. The zero-order valence-electron chi connectivity index (χ0n) is 11.4. The van der Waals surface area contributed by atoms with Gasteiger partial charge in [0.25, 0.3) is 11.8 Å². The fourth-order valence-electron chi connectivity index (χ4n) is 2.41. The van der Waals surface area contributed by atoms with E-state index in [0.717, 1.165) is 25.9 Å². The topological polar surface area (TPSA) is 71.6 Å². The Bertz CT molecular complexity index is 591. The van der Waals surface area contributed by atoms with Crippen LogP contribution < -0.4 is 9.64 Å². The fraction of sp³-hybridized carbons (Fsp3) is 0.429. The molecule has 1 aliphatic heterocycles. The highest BCUT2D eigenvalue weighted by Gasteiger charge is 2.20. The predicted octanol–water partition coefficient (Wildman–Crippen LogP) is 2.44. The lowest BCUT2D eigenvalue weighted by Crippen LogP contribution is -2.30. The van der Waals surface area contributed by atoms with Crippen LogP contribution in [0.15, 0.2) is 22.7 Å². The van der Waals surface area contributed by atoms with E-state index in [2.05, 4.69) is 15.0 Å². The second-order valence-corrected chi connectivity index (χ2v) is 4.80. The van der Waals surface area contributed by atoms with Crippen molar-refractivity contribution in [1.82, 2.24) is 10.1 Å². The molecule has 1 aromatic carbocycles. The standard InChI is InChI=1S/C14H17N3O3/c1-19-11-7-5-6-10(12(11)18)13-15-14(16-20-13)17-8-3-2-4-9-17/h5-7,18H,2-4,8-9H2,1H3. The summed E-state index contributed by atoms with van der Waals surface area (Å²) in [5.41, 5.74) is 0.486. The van der Waals surface area contributed by atoms with E-state index < -0.39 is 0 Å². The van der Waals surface area contributed by atoms with Crippen molar-refractivity contribution in [3.05, 3.63) is 18.2 Å². The Hall–Kier alpha value is -2.24. The normalized spacial score (nSPS) is 15.3. The summed E-state index contributed by atoms with van der Waals surface area (Å²) in [6, 6.07) is 5.19. The SMILES string of the molecule is COc1cccc(-c2nc(N3CCCCC3)no2)c1O. The number of anilines is 1. The van der Waals surface area contributed by atoms with E-state index in [0.29, 0.717) is 23.2 Å². The van der Waals surface area contributed by atoms with E-state index in [1.165, 1.54) is 13.5 Å². The second kappa shape index (κ2) is 5.40. The summed E-state index contributed by atoms with van der Waals surface area (Å²) in [5, 5.41) is 14.1. The van der Waals surface area contributed by atoms with Crippen molar-refractivity contribution in [2.75, 3.05) is 25.1 Å². The molecular weight excluding hydrogens is 258 g/mol. The summed E-state index contributed by atoms with van der Waals surface area (Å²) in [6.07, 6.45) is 3.54. The van der Waals surface area contributed by atoms with Crippen molar-refractivity contribution in [3.63, 3.8) is 0 Å². The Morgan fingerprint density at radius 2 is 2.05 bits per heavy atom. The Labute approximate surface area is 117 Å². The molecular formula is C14H17N3O3. The molecule has 1 saturated heterocycles. The van der Waals surface area contributed by atoms with Gasteiger partial charge in [-0.25, -0.2) is 0 Å². The van der Waals surface area contributed by atoms with Crippen LogP contribution >= 0.6 is 0 Å². The third kappa shape index (κ3) is 2.29. The molecule has 0 radical (unpaired) electrons. The van der Waals surface area contributed by atoms with E-state index in [4.69, 9.17) is 9.26 Å². The quantitative estimate of drug-likeness (QED) is 0.927. The second-order valence-electron chi connectivity index (χ2n) is 4.80. The molecule has 1 aliphatic rings. The van der Waals surface area contributed by atoms with Gasteiger partial charge in [-0.05, 0) is 36.6 Å². The van der Waals surface area contributed by atoms with Crippen molar-refractivity contribution >= 4 is 5.95 Å². The van der Waals surface area contributed by atoms with Gasteiger partial charge in [-0.2, -0.15) is 4.98 Å². The van der Waals surface area contributed by atoms with Crippen LogP contribution in [0.4, 0.5) is 5.95 Å². The molecule has 0 amide bonds. The summed E-state index contributed by atoms with van der Waals surface area (Å²) in [4.78, 5) is 6.48. The molecule has 0 unspecified atom stereocenters. The number of phenols is 1. The Kier molecular flexibility index (Phi) is 3.45. The number of para-hydroxylation sites is 1. The average molecular weight is 275 g/mol. The maximum Gasteiger partial charge on any atom is 0.266 e. The molecule has 1 fully saturated rings. The van der Waals surface area contributed by atoms with E-state index in [1.807, 2.05) is 0 Å². The van der Waals surface area contributed by atoms with Gasteiger partial charge in [-0.3, -0.25) is 0 Å². The summed E-state index contributed by atoms with van der Waals surface area (Å²) in [5.74, 6) is 1.30. The van der Waals surface area contributed by atoms with Crippen LogP contribution in [0, 0.1) is 0 Å². The molecule has 106 valence electrons.